The molecule has 0 bridgehead atoms. The van der Waals surface area contributed by atoms with E-state index in [1.54, 1.807) is 0 Å². The molecule has 5 heterocycles. The van der Waals surface area contributed by atoms with Gasteiger partial charge >= 0.3 is 0 Å². The lowest BCUT2D eigenvalue weighted by Crippen LogP contribution is -2.36. The number of ether oxygens (including phenoxy) is 1. The molecular formula is C25H29N5OS. The Labute approximate surface area is 194 Å². The van der Waals surface area contributed by atoms with Gasteiger partial charge in [0.25, 0.3) is 0 Å². The minimum atomic E-state index is -0.0000201. The van der Waals surface area contributed by atoms with Crippen LogP contribution in [0.15, 0.2) is 55.0 Å². The van der Waals surface area contributed by atoms with Crippen molar-refractivity contribution in [2.75, 3.05) is 13.2 Å². The van der Waals surface area contributed by atoms with Crippen molar-refractivity contribution >= 4 is 17.3 Å². The number of hydrogen-bond acceptors (Lipinski definition) is 4. The Morgan fingerprint density at radius 1 is 1.16 bits per heavy atom. The Morgan fingerprint density at radius 3 is 2.72 bits per heavy atom. The van der Waals surface area contributed by atoms with E-state index in [2.05, 4.69) is 62.9 Å². The number of nitrogens with one attached hydrogen (secondary N) is 1. The molecule has 3 aromatic rings. The average Bonchev–Trinajstić information content (AvgIpc) is 3.51. The van der Waals surface area contributed by atoms with E-state index in [1.807, 2.05) is 30.7 Å². The molecule has 2 fully saturated rings. The van der Waals surface area contributed by atoms with E-state index in [4.69, 9.17) is 17.0 Å². The Hall–Kier alpha value is -2.77. The lowest BCUT2D eigenvalue weighted by atomic mass is 9.96. The molecule has 7 heteroatoms. The molecule has 3 aromatic heterocycles. The van der Waals surface area contributed by atoms with Crippen molar-refractivity contribution in [1.29, 1.82) is 0 Å². The van der Waals surface area contributed by atoms with Crippen molar-refractivity contribution < 1.29 is 4.74 Å². The maximum atomic E-state index is 5.97. The van der Waals surface area contributed by atoms with Crippen LogP contribution in [0.3, 0.4) is 0 Å². The Balaban J connectivity index is 1.53. The highest BCUT2D eigenvalue weighted by Gasteiger charge is 2.42. The predicted octanol–water partition coefficient (Wildman–Crippen LogP) is 4.09. The summed E-state index contributed by atoms with van der Waals surface area (Å²) >= 11 is 5.83. The van der Waals surface area contributed by atoms with Crippen LogP contribution in [-0.4, -0.2) is 43.8 Å². The largest absolute Gasteiger partial charge is 0.376 e. The fraction of sp³-hybridized carbons (Fsp3) is 0.400. The summed E-state index contributed by atoms with van der Waals surface area (Å²) < 4.78 is 8.35. The van der Waals surface area contributed by atoms with E-state index in [0.717, 1.165) is 43.3 Å². The predicted molar refractivity (Wildman–Crippen MR) is 128 cm³/mol. The molecule has 2 aliphatic heterocycles. The third kappa shape index (κ3) is 4.02. The summed E-state index contributed by atoms with van der Waals surface area (Å²) in [6.07, 6.45) is 7.98. The van der Waals surface area contributed by atoms with Gasteiger partial charge in [-0.3, -0.25) is 9.97 Å². The molecule has 32 heavy (non-hydrogen) atoms. The van der Waals surface area contributed by atoms with Gasteiger partial charge in [-0.1, -0.05) is 6.07 Å². The minimum absolute atomic E-state index is 0.0000201. The number of pyridine rings is 2. The molecule has 0 saturated carbocycles. The molecule has 6 nitrogen and oxygen atoms in total. The van der Waals surface area contributed by atoms with Gasteiger partial charge in [-0.2, -0.15) is 0 Å². The standard InChI is InChI=1S/C25H29N5OS/c1-17-14-21(18(2)29(17)15-19-8-11-26-12-9-19)24-23(22-7-3-4-10-27-22)28-25(32)30(24)16-20-6-5-13-31-20/h3-4,7-12,14,20,23-24H,5-6,13,15-16H2,1-2H3,(H,28,32). The molecular weight excluding hydrogens is 418 g/mol. The van der Waals surface area contributed by atoms with Crippen LogP contribution in [0.1, 0.15) is 53.1 Å². The lowest BCUT2D eigenvalue weighted by Gasteiger charge is -2.30. The summed E-state index contributed by atoms with van der Waals surface area (Å²) in [4.78, 5) is 11.1. The zero-order chi connectivity index (χ0) is 22.1. The van der Waals surface area contributed by atoms with Gasteiger partial charge in [-0.05, 0) is 80.4 Å². The Morgan fingerprint density at radius 2 is 2.00 bits per heavy atom. The second-order valence-corrected chi connectivity index (χ2v) is 9.07. The van der Waals surface area contributed by atoms with E-state index in [9.17, 15) is 0 Å². The zero-order valence-electron chi connectivity index (χ0n) is 18.6. The highest BCUT2D eigenvalue weighted by Crippen LogP contribution is 2.41. The number of rotatable bonds is 6. The summed E-state index contributed by atoms with van der Waals surface area (Å²) in [7, 11) is 0. The highest BCUT2D eigenvalue weighted by molar-refractivity contribution is 7.80. The van der Waals surface area contributed by atoms with E-state index in [0.29, 0.717) is 0 Å². The molecule has 3 unspecified atom stereocenters. The molecule has 0 amide bonds. The monoisotopic (exact) mass is 447 g/mol. The first-order valence-corrected chi connectivity index (χ1v) is 11.7. The van der Waals surface area contributed by atoms with Crippen LogP contribution < -0.4 is 5.32 Å². The molecule has 2 saturated heterocycles. The van der Waals surface area contributed by atoms with Crippen LogP contribution in [0.2, 0.25) is 0 Å². The SMILES string of the molecule is Cc1cc(C2C(c3ccccn3)NC(=S)N2CC2CCCO2)c(C)n1Cc1ccncc1. The van der Waals surface area contributed by atoms with E-state index in [1.165, 1.54) is 22.5 Å². The third-order valence-corrected chi connectivity index (χ3v) is 7.00. The van der Waals surface area contributed by atoms with Crippen LogP contribution in [0.4, 0.5) is 0 Å². The quantitative estimate of drug-likeness (QED) is 0.575. The maximum Gasteiger partial charge on any atom is 0.170 e. The highest BCUT2D eigenvalue weighted by atomic mass is 32.1. The van der Waals surface area contributed by atoms with E-state index < -0.39 is 0 Å². The van der Waals surface area contributed by atoms with Gasteiger partial charge in [0, 0.05) is 49.7 Å². The normalized spacial score (nSPS) is 23.0. The van der Waals surface area contributed by atoms with Crippen molar-refractivity contribution in [3.8, 4) is 0 Å². The van der Waals surface area contributed by atoms with Crippen LogP contribution in [0.5, 0.6) is 0 Å². The number of thiocarbonyl (C=S) groups is 1. The summed E-state index contributed by atoms with van der Waals surface area (Å²) in [5.74, 6) is 0. The van der Waals surface area contributed by atoms with E-state index in [-0.39, 0.29) is 18.2 Å². The summed E-state index contributed by atoms with van der Waals surface area (Å²) in [5, 5.41) is 4.35. The van der Waals surface area contributed by atoms with Crippen LogP contribution in [0.25, 0.3) is 0 Å². The van der Waals surface area contributed by atoms with Gasteiger partial charge in [0.1, 0.15) is 0 Å². The molecule has 5 rings (SSSR count). The number of aryl methyl sites for hydroxylation is 1. The Kier molecular flexibility index (Phi) is 5.93. The minimum Gasteiger partial charge on any atom is -0.376 e. The van der Waals surface area contributed by atoms with Crippen molar-refractivity contribution in [2.24, 2.45) is 0 Å². The van der Waals surface area contributed by atoms with Gasteiger partial charge in [0.15, 0.2) is 5.11 Å². The van der Waals surface area contributed by atoms with Gasteiger partial charge < -0.3 is 19.5 Å². The van der Waals surface area contributed by atoms with Crippen molar-refractivity contribution in [3.05, 3.63) is 83.2 Å². The van der Waals surface area contributed by atoms with Gasteiger partial charge in [-0.15, -0.1) is 0 Å². The summed E-state index contributed by atoms with van der Waals surface area (Å²) in [6.45, 7) is 6.86. The third-order valence-electron chi connectivity index (χ3n) is 6.64. The van der Waals surface area contributed by atoms with E-state index >= 15 is 0 Å². The number of hydrogen-bond donors (Lipinski definition) is 1. The van der Waals surface area contributed by atoms with Crippen LogP contribution in [-0.2, 0) is 11.3 Å². The van der Waals surface area contributed by atoms with Crippen molar-refractivity contribution in [2.45, 2.75) is 51.4 Å². The van der Waals surface area contributed by atoms with Gasteiger partial charge in [-0.25, -0.2) is 0 Å². The molecule has 0 spiro atoms. The molecule has 0 aliphatic carbocycles. The molecule has 0 radical (unpaired) electrons. The second kappa shape index (κ2) is 9.00. The average molecular weight is 448 g/mol. The summed E-state index contributed by atoms with van der Waals surface area (Å²) in [6, 6.07) is 12.6. The fourth-order valence-corrected chi connectivity index (χ4v) is 5.30. The Bertz CT molecular complexity index is 1080. The topological polar surface area (TPSA) is 55.2 Å². The number of nitrogens with zero attached hydrogens (tertiary/aromatic N) is 4. The summed E-state index contributed by atoms with van der Waals surface area (Å²) in [5.41, 5.74) is 6.04. The first kappa shape index (κ1) is 21.1. The first-order chi connectivity index (χ1) is 15.6. The van der Waals surface area contributed by atoms with Crippen LogP contribution in [0, 0.1) is 13.8 Å². The molecule has 1 N–H and O–H groups in total. The molecule has 2 aliphatic rings. The van der Waals surface area contributed by atoms with Crippen molar-refractivity contribution in [1.82, 2.24) is 24.8 Å². The fourth-order valence-electron chi connectivity index (χ4n) is 4.99. The smallest absolute Gasteiger partial charge is 0.170 e. The maximum absolute atomic E-state index is 5.97. The first-order valence-electron chi connectivity index (χ1n) is 11.3. The molecule has 3 atom stereocenters. The molecule has 166 valence electrons. The zero-order valence-corrected chi connectivity index (χ0v) is 19.4. The number of aromatic nitrogens is 3. The lowest BCUT2D eigenvalue weighted by molar-refractivity contribution is 0.0842. The second-order valence-electron chi connectivity index (χ2n) is 8.68. The molecule has 0 aromatic carbocycles. The van der Waals surface area contributed by atoms with Crippen LogP contribution >= 0.6 is 12.2 Å². The van der Waals surface area contributed by atoms with Crippen molar-refractivity contribution in [3.63, 3.8) is 0 Å². The van der Waals surface area contributed by atoms with Gasteiger partial charge in [0.05, 0.1) is 23.9 Å². The van der Waals surface area contributed by atoms with Gasteiger partial charge in [0.2, 0.25) is 0 Å².